The second-order valence-corrected chi connectivity index (χ2v) is 6.35. The van der Waals surface area contributed by atoms with Gasteiger partial charge in [0, 0.05) is 44.5 Å². The molecule has 0 amide bonds. The lowest BCUT2D eigenvalue weighted by atomic mass is 10.2. The number of anilines is 1. The third kappa shape index (κ3) is 4.60. The number of methoxy groups -OCH3 is 1. The summed E-state index contributed by atoms with van der Waals surface area (Å²) in [6.07, 6.45) is 0. The highest BCUT2D eigenvalue weighted by Crippen LogP contribution is 2.22. The maximum absolute atomic E-state index is 12.9. The van der Waals surface area contributed by atoms with Gasteiger partial charge in [0.2, 0.25) is 0 Å². The molecule has 0 spiro atoms. The molecule has 0 radical (unpaired) electrons. The first-order chi connectivity index (χ1) is 12.2. The Labute approximate surface area is 153 Å². The van der Waals surface area contributed by atoms with Gasteiger partial charge in [0.1, 0.15) is 11.6 Å². The standard InChI is InChI=1S/C19H22FN3OS/c1-24-18-4-2-3-17(13-18)22-9-11-23(12-10-22)19(25)21-14-15-5-7-16(20)8-6-15/h2-8,13H,9-12,14H2,1H3,(H,21,25). The lowest BCUT2D eigenvalue weighted by Crippen LogP contribution is -2.51. The summed E-state index contributed by atoms with van der Waals surface area (Å²) in [6, 6.07) is 14.6. The van der Waals surface area contributed by atoms with Gasteiger partial charge in [0.15, 0.2) is 5.11 Å². The van der Waals surface area contributed by atoms with Crippen LogP contribution in [0.4, 0.5) is 10.1 Å². The van der Waals surface area contributed by atoms with E-state index in [1.54, 1.807) is 19.2 Å². The number of nitrogens with zero attached hydrogens (tertiary/aromatic N) is 2. The summed E-state index contributed by atoms with van der Waals surface area (Å²) in [5.74, 6) is 0.649. The average molecular weight is 359 g/mol. The van der Waals surface area contributed by atoms with Crippen LogP contribution in [-0.4, -0.2) is 43.3 Å². The van der Waals surface area contributed by atoms with Crippen LogP contribution in [0.25, 0.3) is 0 Å². The molecule has 1 N–H and O–H groups in total. The SMILES string of the molecule is COc1cccc(N2CCN(C(=S)NCc3ccc(F)cc3)CC2)c1. The first-order valence-corrected chi connectivity index (χ1v) is 8.73. The van der Waals surface area contributed by atoms with Crippen molar-refractivity contribution in [3.05, 3.63) is 59.9 Å². The normalized spacial score (nSPS) is 14.3. The van der Waals surface area contributed by atoms with Crippen LogP contribution in [0, 0.1) is 5.82 Å². The Morgan fingerprint density at radius 1 is 1.12 bits per heavy atom. The third-order valence-electron chi connectivity index (χ3n) is 4.34. The van der Waals surface area contributed by atoms with Crippen LogP contribution in [0.1, 0.15) is 5.56 Å². The molecule has 1 fully saturated rings. The molecular formula is C19H22FN3OS. The summed E-state index contributed by atoms with van der Waals surface area (Å²) in [5, 5.41) is 4.00. The number of nitrogens with one attached hydrogen (secondary N) is 1. The van der Waals surface area contributed by atoms with Crippen molar-refractivity contribution in [3.8, 4) is 5.75 Å². The highest BCUT2D eigenvalue weighted by molar-refractivity contribution is 7.80. The third-order valence-corrected chi connectivity index (χ3v) is 4.74. The zero-order valence-corrected chi connectivity index (χ0v) is 15.1. The van der Waals surface area contributed by atoms with E-state index in [2.05, 4.69) is 27.2 Å². The molecule has 0 saturated carbocycles. The Kier molecular flexibility index (Phi) is 5.71. The van der Waals surface area contributed by atoms with Crippen LogP contribution >= 0.6 is 12.2 Å². The minimum atomic E-state index is -0.222. The van der Waals surface area contributed by atoms with Crippen LogP contribution in [0.15, 0.2) is 48.5 Å². The van der Waals surface area contributed by atoms with E-state index in [-0.39, 0.29) is 5.82 Å². The number of hydrogen-bond donors (Lipinski definition) is 1. The summed E-state index contributed by atoms with van der Waals surface area (Å²) in [4.78, 5) is 4.51. The number of benzene rings is 2. The Hall–Kier alpha value is -2.34. The Balaban J connectivity index is 1.49. The van der Waals surface area contributed by atoms with Gasteiger partial charge in [-0.25, -0.2) is 4.39 Å². The van der Waals surface area contributed by atoms with Crippen molar-refractivity contribution in [2.24, 2.45) is 0 Å². The van der Waals surface area contributed by atoms with Crippen molar-refractivity contribution in [2.75, 3.05) is 38.2 Å². The largest absolute Gasteiger partial charge is 0.497 e. The van der Waals surface area contributed by atoms with Gasteiger partial charge in [0.05, 0.1) is 7.11 Å². The molecule has 2 aromatic rings. The highest BCUT2D eigenvalue weighted by Gasteiger charge is 2.19. The van der Waals surface area contributed by atoms with Gasteiger partial charge >= 0.3 is 0 Å². The number of hydrogen-bond acceptors (Lipinski definition) is 3. The summed E-state index contributed by atoms with van der Waals surface area (Å²) < 4.78 is 18.2. The van der Waals surface area contributed by atoms with E-state index in [1.165, 1.54) is 17.8 Å². The molecule has 0 atom stereocenters. The fourth-order valence-corrected chi connectivity index (χ4v) is 3.12. The number of halogens is 1. The van der Waals surface area contributed by atoms with Crippen molar-refractivity contribution in [1.82, 2.24) is 10.2 Å². The van der Waals surface area contributed by atoms with Gasteiger partial charge < -0.3 is 19.9 Å². The van der Waals surface area contributed by atoms with Crippen LogP contribution in [-0.2, 0) is 6.54 Å². The number of ether oxygens (including phenoxy) is 1. The van der Waals surface area contributed by atoms with Gasteiger partial charge in [-0.05, 0) is 42.0 Å². The van der Waals surface area contributed by atoms with Crippen molar-refractivity contribution >= 4 is 23.0 Å². The van der Waals surface area contributed by atoms with Gasteiger partial charge in [-0.15, -0.1) is 0 Å². The minimum Gasteiger partial charge on any atom is -0.497 e. The van der Waals surface area contributed by atoms with E-state index >= 15 is 0 Å². The lowest BCUT2D eigenvalue weighted by Gasteiger charge is -2.37. The summed E-state index contributed by atoms with van der Waals surface area (Å²) in [7, 11) is 1.68. The smallest absolute Gasteiger partial charge is 0.169 e. The molecule has 132 valence electrons. The van der Waals surface area contributed by atoms with Gasteiger partial charge in [-0.3, -0.25) is 0 Å². The maximum Gasteiger partial charge on any atom is 0.169 e. The van der Waals surface area contributed by atoms with Crippen LogP contribution in [0.3, 0.4) is 0 Å². The van der Waals surface area contributed by atoms with Gasteiger partial charge in [0.25, 0.3) is 0 Å². The molecule has 1 saturated heterocycles. The zero-order valence-electron chi connectivity index (χ0n) is 14.2. The van der Waals surface area contributed by atoms with Gasteiger partial charge in [-0.2, -0.15) is 0 Å². The molecule has 1 aliphatic heterocycles. The Morgan fingerprint density at radius 2 is 1.84 bits per heavy atom. The van der Waals surface area contributed by atoms with Gasteiger partial charge in [-0.1, -0.05) is 18.2 Å². The molecule has 0 bridgehead atoms. The molecule has 2 aromatic carbocycles. The van der Waals surface area contributed by atoms with E-state index in [0.717, 1.165) is 42.6 Å². The van der Waals surface area contributed by atoms with E-state index in [9.17, 15) is 4.39 Å². The van der Waals surface area contributed by atoms with E-state index in [4.69, 9.17) is 17.0 Å². The maximum atomic E-state index is 12.9. The highest BCUT2D eigenvalue weighted by atomic mass is 32.1. The fraction of sp³-hybridized carbons (Fsp3) is 0.316. The summed E-state index contributed by atoms with van der Waals surface area (Å²) in [5.41, 5.74) is 2.18. The van der Waals surface area contributed by atoms with E-state index in [1.807, 2.05) is 12.1 Å². The van der Waals surface area contributed by atoms with Crippen LogP contribution in [0.2, 0.25) is 0 Å². The average Bonchev–Trinajstić information content (AvgIpc) is 2.67. The van der Waals surface area contributed by atoms with E-state index < -0.39 is 0 Å². The second kappa shape index (κ2) is 8.16. The molecule has 4 nitrogen and oxygen atoms in total. The van der Waals surface area contributed by atoms with Crippen molar-refractivity contribution in [1.29, 1.82) is 0 Å². The second-order valence-electron chi connectivity index (χ2n) is 5.96. The molecule has 0 aromatic heterocycles. The molecule has 6 heteroatoms. The fourth-order valence-electron chi connectivity index (χ4n) is 2.87. The molecule has 3 rings (SSSR count). The summed E-state index contributed by atoms with van der Waals surface area (Å²) in [6.45, 7) is 4.16. The minimum absolute atomic E-state index is 0.222. The predicted octanol–water partition coefficient (Wildman–Crippen LogP) is 3.03. The molecule has 0 unspecified atom stereocenters. The topological polar surface area (TPSA) is 27.7 Å². The first kappa shape index (κ1) is 17.5. The van der Waals surface area contributed by atoms with E-state index in [0.29, 0.717) is 6.54 Å². The molecule has 0 aliphatic carbocycles. The number of piperazine rings is 1. The number of rotatable bonds is 4. The molecular weight excluding hydrogens is 337 g/mol. The Bertz CT molecular complexity index is 715. The lowest BCUT2D eigenvalue weighted by molar-refractivity contribution is 0.379. The first-order valence-electron chi connectivity index (χ1n) is 8.32. The zero-order chi connectivity index (χ0) is 17.6. The quantitative estimate of drug-likeness (QED) is 0.847. The van der Waals surface area contributed by atoms with Crippen molar-refractivity contribution in [2.45, 2.75) is 6.54 Å². The van der Waals surface area contributed by atoms with Crippen LogP contribution < -0.4 is 15.0 Å². The molecule has 25 heavy (non-hydrogen) atoms. The number of thiocarbonyl (C=S) groups is 1. The van der Waals surface area contributed by atoms with Crippen molar-refractivity contribution < 1.29 is 9.13 Å². The van der Waals surface area contributed by atoms with Crippen molar-refractivity contribution in [3.63, 3.8) is 0 Å². The monoisotopic (exact) mass is 359 g/mol. The Morgan fingerprint density at radius 3 is 2.52 bits per heavy atom. The molecule has 1 aliphatic rings. The summed E-state index contributed by atoms with van der Waals surface area (Å²) >= 11 is 5.50. The molecule has 1 heterocycles. The predicted molar refractivity (Wildman–Crippen MR) is 103 cm³/mol. The van der Waals surface area contributed by atoms with Crippen LogP contribution in [0.5, 0.6) is 5.75 Å².